The van der Waals surface area contributed by atoms with Crippen molar-refractivity contribution in [3.05, 3.63) is 28.2 Å². The molecule has 0 aliphatic carbocycles. The van der Waals surface area contributed by atoms with Gasteiger partial charge in [-0.1, -0.05) is 33.1 Å². The van der Waals surface area contributed by atoms with Crippen molar-refractivity contribution < 1.29 is 14.3 Å². The third-order valence-corrected chi connectivity index (χ3v) is 4.27. The Hall–Kier alpha value is -1.91. The lowest BCUT2D eigenvalue weighted by molar-refractivity contribution is -0.143. The van der Waals surface area contributed by atoms with Crippen molar-refractivity contribution in [2.24, 2.45) is 11.3 Å². The van der Waals surface area contributed by atoms with Crippen LogP contribution in [0.15, 0.2) is 17.1 Å². The molecule has 1 unspecified atom stereocenters. The highest BCUT2D eigenvalue weighted by Crippen LogP contribution is 2.23. The first-order chi connectivity index (χ1) is 11.6. The summed E-state index contributed by atoms with van der Waals surface area (Å²) in [6, 6.07) is 1.37. The number of nitrogens with zero attached hydrogens (tertiary/aromatic N) is 1. The molecule has 0 bridgehead atoms. The van der Waals surface area contributed by atoms with Gasteiger partial charge in [-0.05, 0) is 33.1 Å². The number of pyridine rings is 1. The fraction of sp³-hybridized carbons (Fsp3) is 0.650. The molecule has 1 aromatic rings. The summed E-state index contributed by atoms with van der Waals surface area (Å²) in [4.78, 5) is 36.7. The molecule has 0 saturated carbocycles. The Morgan fingerprint density at radius 3 is 2.36 bits per heavy atom. The van der Waals surface area contributed by atoms with Gasteiger partial charge in [-0.15, -0.1) is 0 Å². The number of hydrogen-bond donors (Lipinski definition) is 0. The number of rotatable bonds is 8. The van der Waals surface area contributed by atoms with E-state index in [2.05, 4.69) is 13.8 Å². The van der Waals surface area contributed by atoms with Crippen molar-refractivity contribution in [3.63, 3.8) is 0 Å². The number of Topliss-reactive ketones (excluding diaryl/α,β-unsaturated/α-hetero) is 1. The molecule has 0 aromatic carbocycles. The molecular weight excluding hydrogens is 318 g/mol. The van der Waals surface area contributed by atoms with E-state index in [-0.39, 0.29) is 17.2 Å². The lowest BCUT2D eigenvalue weighted by atomic mass is 9.97. The number of carbonyl (C=O) groups is 2. The number of esters is 1. The van der Waals surface area contributed by atoms with E-state index in [0.29, 0.717) is 12.5 Å². The quantitative estimate of drug-likeness (QED) is 0.521. The second-order valence-corrected chi connectivity index (χ2v) is 7.62. The minimum Gasteiger partial charge on any atom is -0.420 e. The van der Waals surface area contributed by atoms with Crippen LogP contribution in [-0.2, 0) is 11.3 Å². The second kappa shape index (κ2) is 8.97. The van der Waals surface area contributed by atoms with Gasteiger partial charge in [0.05, 0.1) is 5.41 Å². The number of carbonyl (C=O) groups excluding carboxylic acids is 2. The van der Waals surface area contributed by atoms with Crippen LogP contribution < -0.4 is 10.2 Å². The molecule has 0 aliphatic heterocycles. The minimum absolute atomic E-state index is 0.153. The van der Waals surface area contributed by atoms with Gasteiger partial charge in [0, 0.05) is 25.7 Å². The molecule has 5 heteroatoms. The van der Waals surface area contributed by atoms with E-state index in [0.717, 1.165) is 25.7 Å². The maximum Gasteiger partial charge on any atom is 0.316 e. The highest BCUT2D eigenvalue weighted by molar-refractivity contribution is 5.96. The average molecular weight is 349 g/mol. The van der Waals surface area contributed by atoms with Crippen molar-refractivity contribution in [1.29, 1.82) is 0 Å². The minimum atomic E-state index is -0.756. The summed E-state index contributed by atoms with van der Waals surface area (Å²) in [6.45, 7) is 11.4. The average Bonchev–Trinajstić information content (AvgIpc) is 2.52. The van der Waals surface area contributed by atoms with Gasteiger partial charge in [0.2, 0.25) is 11.2 Å². The van der Waals surface area contributed by atoms with Crippen molar-refractivity contribution in [3.8, 4) is 5.75 Å². The van der Waals surface area contributed by atoms with E-state index in [4.69, 9.17) is 4.74 Å². The molecule has 0 spiro atoms. The largest absolute Gasteiger partial charge is 0.420 e. The van der Waals surface area contributed by atoms with Crippen molar-refractivity contribution >= 4 is 11.8 Å². The molecular formula is C20H31NO4. The van der Waals surface area contributed by atoms with Crippen LogP contribution in [0.5, 0.6) is 5.75 Å². The third-order valence-electron chi connectivity index (χ3n) is 4.27. The van der Waals surface area contributed by atoms with Gasteiger partial charge in [0.25, 0.3) is 0 Å². The Morgan fingerprint density at radius 1 is 1.24 bits per heavy atom. The summed E-state index contributed by atoms with van der Waals surface area (Å²) < 4.78 is 7.11. The zero-order chi connectivity index (χ0) is 19.2. The maximum absolute atomic E-state index is 12.2. The van der Waals surface area contributed by atoms with Gasteiger partial charge in [0.15, 0.2) is 5.78 Å². The highest BCUT2D eigenvalue weighted by Gasteiger charge is 2.27. The van der Waals surface area contributed by atoms with Gasteiger partial charge in [0.1, 0.15) is 5.69 Å². The lowest BCUT2D eigenvalue weighted by Crippen LogP contribution is -2.30. The Bertz CT molecular complexity index is 667. The molecule has 0 fully saturated rings. The first kappa shape index (κ1) is 21.1. The molecule has 1 aromatic heterocycles. The van der Waals surface area contributed by atoms with Crippen LogP contribution >= 0.6 is 0 Å². The predicted octanol–water partition coefficient (Wildman–Crippen LogP) is 4.22. The lowest BCUT2D eigenvalue weighted by Gasteiger charge is -2.22. The van der Waals surface area contributed by atoms with E-state index in [1.165, 1.54) is 13.0 Å². The van der Waals surface area contributed by atoms with Crippen LogP contribution in [0.3, 0.4) is 0 Å². The van der Waals surface area contributed by atoms with Gasteiger partial charge >= 0.3 is 5.97 Å². The van der Waals surface area contributed by atoms with Crippen LogP contribution in [0.2, 0.25) is 0 Å². The molecule has 0 aliphatic rings. The zero-order valence-electron chi connectivity index (χ0n) is 16.3. The monoisotopic (exact) mass is 349 g/mol. The summed E-state index contributed by atoms with van der Waals surface area (Å²) in [7, 11) is 0. The number of ketones is 1. The normalized spacial score (nSPS) is 12.7. The van der Waals surface area contributed by atoms with Gasteiger partial charge in [-0.2, -0.15) is 0 Å². The van der Waals surface area contributed by atoms with E-state index in [9.17, 15) is 14.4 Å². The van der Waals surface area contributed by atoms with E-state index in [1.807, 2.05) is 0 Å². The molecule has 25 heavy (non-hydrogen) atoms. The fourth-order valence-electron chi connectivity index (χ4n) is 2.61. The SMILES string of the molecule is CCCCC(CC)Cn1ccc(=O)c(OC(=O)C(C)(C)C)c1C(C)=O. The summed E-state index contributed by atoms with van der Waals surface area (Å²) >= 11 is 0. The Balaban J connectivity index is 3.28. The molecule has 1 atom stereocenters. The maximum atomic E-state index is 12.2. The van der Waals surface area contributed by atoms with Crippen LogP contribution in [0, 0.1) is 11.3 Å². The number of unbranched alkanes of at least 4 members (excludes halogenated alkanes) is 1. The van der Waals surface area contributed by atoms with Crippen molar-refractivity contribution in [2.45, 2.75) is 73.8 Å². The molecule has 0 saturated heterocycles. The second-order valence-electron chi connectivity index (χ2n) is 7.62. The van der Waals surface area contributed by atoms with E-state index < -0.39 is 16.8 Å². The molecule has 1 heterocycles. The molecule has 5 nitrogen and oxygen atoms in total. The first-order valence-corrected chi connectivity index (χ1v) is 9.08. The third kappa shape index (κ3) is 5.83. The van der Waals surface area contributed by atoms with Crippen LogP contribution in [0.25, 0.3) is 0 Å². The molecule has 0 radical (unpaired) electrons. The Labute approximate surface area is 150 Å². The number of ether oxygens (including phenoxy) is 1. The van der Waals surface area contributed by atoms with Crippen molar-refractivity contribution in [1.82, 2.24) is 4.57 Å². The first-order valence-electron chi connectivity index (χ1n) is 9.08. The Morgan fingerprint density at radius 2 is 1.88 bits per heavy atom. The molecule has 0 N–H and O–H groups in total. The topological polar surface area (TPSA) is 65.4 Å². The summed E-state index contributed by atoms with van der Waals surface area (Å²) in [5, 5.41) is 0. The smallest absolute Gasteiger partial charge is 0.316 e. The molecule has 1 rings (SSSR count). The molecule has 140 valence electrons. The van der Waals surface area contributed by atoms with E-state index in [1.54, 1.807) is 31.5 Å². The fourth-order valence-corrected chi connectivity index (χ4v) is 2.61. The van der Waals surface area contributed by atoms with Crippen LogP contribution in [-0.4, -0.2) is 16.3 Å². The standard InChI is InChI=1S/C20H31NO4/c1-7-9-10-15(8-2)13-21-12-11-16(23)18(17(21)14(3)22)25-19(24)20(4,5)6/h11-12,15H,7-10,13H2,1-6H3. The van der Waals surface area contributed by atoms with Gasteiger partial charge in [-0.25, -0.2) is 0 Å². The van der Waals surface area contributed by atoms with Gasteiger partial charge in [-0.3, -0.25) is 14.4 Å². The number of hydrogen-bond acceptors (Lipinski definition) is 4. The van der Waals surface area contributed by atoms with Gasteiger partial charge < -0.3 is 9.30 Å². The predicted molar refractivity (Wildman–Crippen MR) is 99.1 cm³/mol. The molecule has 0 amide bonds. The van der Waals surface area contributed by atoms with Crippen molar-refractivity contribution in [2.75, 3.05) is 0 Å². The highest BCUT2D eigenvalue weighted by atomic mass is 16.5. The zero-order valence-corrected chi connectivity index (χ0v) is 16.3. The van der Waals surface area contributed by atoms with E-state index >= 15 is 0 Å². The Kier molecular flexibility index (Phi) is 7.59. The summed E-state index contributed by atoms with van der Waals surface area (Å²) in [6.07, 6.45) is 5.92. The number of aromatic nitrogens is 1. The van der Waals surface area contributed by atoms with Crippen LogP contribution in [0.1, 0.15) is 77.7 Å². The summed E-state index contributed by atoms with van der Waals surface area (Å²) in [5.74, 6) is -0.547. The van der Waals surface area contributed by atoms with Crippen LogP contribution in [0.4, 0.5) is 0 Å². The summed E-state index contributed by atoms with van der Waals surface area (Å²) in [5.41, 5.74) is -1.02.